The topological polar surface area (TPSA) is 105 Å². The van der Waals surface area contributed by atoms with Crippen molar-refractivity contribution in [1.82, 2.24) is 9.72 Å². The summed E-state index contributed by atoms with van der Waals surface area (Å²) in [7, 11) is 1.30. The number of benzene rings is 1. The van der Waals surface area contributed by atoms with E-state index in [0.717, 1.165) is 4.70 Å². The number of aromatic nitrogens is 2. The van der Waals surface area contributed by atoms with Gasteiger partial charge in [-0.1, -0.05) is 16.5 Å². The Bertz CT molecular complexity index is 1110. The second kappa shape index (κ2) is 6.88. The quantitative estimate of drug-likeness (QED) is 0.628. The number of nitrogens with zero attached hydrogens (tertiary/aromatic N) is 3. The van der Waals surface area contributed by atoms with Gasteiger partial charge in [0.2, 0.25) is 0 Å². The van der Waals surface area contributed by atoms with Gasteiger partial charge in [-0.05, 0) is 6.92 Å². The van der Waals surface area contributed by atoms with Crippen LogP contribution in [0, 0.1) is 6.92 Å². The van der Waals surface area contributed by atoms with Crippen LogP contribution < -0.4 is 14.3 Å². The van der Waals surface area contributed by atoms with E-state index < -0.39 is 11.9 Å². The van der Waals surface area contributed by atoms with Crippen LogP contribution in [-0.2, 0) is 16.1 Å². The first-order chi connectivity index (χ1) is 13.0. The second-order valence-corrected chi connectivity index (χ2v) is 6.76. The Morgan fingerprint density at radius 1 is 1.26 bits per heavy atom. The van der Waals surface area contributed by atoms with E-state index in [2.05, 4.69) is 10.1 Å². The number of rotatable bonds is 3. The predicted molar refractivity (Wildman–Crippen MR) is 94.0 cm³/mol. The van der Waals surface area contributed by atoms with Crippen LogP contribution in [0.2, 0.25) is 0 Å². The molecule has 0 bridgehead atoms. The van der Waals surface area contributed by atoms with Gasteiger partial charge in [-0.3, -0.25) is 9.59 Å². The molecule has 1 aromatic carbocycles. The molecule has 0 saturated heterocycles. The lowest BCUT2D eigenvalue weighted by atomic mass is 10.2. The molecule has 3 aromatic rings. The minimum absolute atomic E-state index is 0.0971. The number of carbonyl (C=O) groups excluding carboxylic acids is 2. The van der Waals surface area contributed by atoms with Crippen LogP contribution >= 0.6 is 11.3 Å². The molecule has 1 aliphatic rings. The molecule has 0 radical (unpaired) electrons. The van der Waals surface area contributed by atoms with E-state index in [1.807, 2.05) is 6.07 Å². The van der Waals surface area contributed by atoms with Gasteiger partial charge in [0.25, 0.3) is 0 Å². The third-order valence-corrected chi connectivity index (χ3v) is 4.95. The van der Waals surface area contributed by atoms with Crippen molar-refractivity contribution in [1.29, 1.82) is 0 Å². The molecular weight excluding hydrogens is 374 g/mol. The molecule has 0 atom stereocenters. The number of fused-ring (bicyclic) bond motifs is 2. The van der Waals surface area contributed by atoms with Crippen molar-refractivity contribution in [3.8, 4) is 11.5 Å². The summed E-state index contributed by atoms with van der Waals surface area (Å²) in [6.45, 7) is 2.50. The highest BCUT2D eigenvalue weighted by Gasteiger charge is 2.19. The van der Waals surface area contributed by atoms with Gasteiger partial charge >= 0.3 is 11.9 Å². The highest BCUT2D eigenvalue weighted by Crippen LogP contribution is 2.35. The fourth-order valence-electron chi connectivity index (χ4n) is 2.65. The zero-order valence-electron chi connectivity index (χ0n) is 14.6. The smallest absolute Gasteiger partial charge is 0.325 e. The number of esters is 1. The predicted octanol–water partition coefficient (Wildman–Crippen LogP) is 1.68. The molecule has 9 nitrogen and oxygen atoms in total. The average molecular weight is 389 g/mol. The molecule has 2 aromatic heterocycles. The van der Waals surface area contributed by atoms with E-state index >= 15 is 0 Å². The summed E-state index contributed by atoms with van der Waals surface area (Å²) in [6, 6.07) is 5.09. The van der Waals surface area contributed by atoms with E-state index in [9.17, 15) is 9.59 Å². The monoisotopic (exact) mass is 389 g/mol. The highest BCUT2D eigenvalue weighted by molar-refractivity contribution is 7.16. The van der Waals surface area contributed by atoms with E-state index in [1.165, 1.54) is 24.5 Å². The Balaban J connectivity index is 1.87. The number of amides is 1. The van der Waals surface area contributed by atoms with Crippen molar-refractivity contribution in [2.45, 2.75) is 13.5 Å². The minimum Gasteiger partial charge on any atom is -0.486 e. The maximum Gasteiger partial charge on any atom is 0.325 e. The van der Waals surface area contributed by atoms with E-state index in [1.54, 1.807) is 17.6 Å². The third-order valence-electron chi connectivity index (χ3n) is 3.91. The largest absolute Gasteiger partial charge is 0.486 e. The number of ether oxygens (including phenoxy) is 3. The lowest BCUT2D eigenvalue weighted by molar-refractivity contribution is -0.141. The lowest BCUT2D eigenvalue weighted by Gasteiger charge is -2.18. The summed E-state index contributed by atoms with van der Waals surface area (Å²) >= 11 is 1.25. The first kappa shape index (κ1) is 17.3. The summed E-state index contributed by atoms with van der Waals surface area (Å²) in [5.74, 6) is 0.680. The molecule has 1 amide bonds. The third kappa shape index (κ3) is 3.31. The van der Waals surface area contributed by atoms with Gasteiger partial charge in [-0.15, -0.1) is 0 Å². The number of hydrogen-bond donors (Lipinski definition) is 0. The Morgan fingerprint density at radius 2 is 2.00 bits per heavy atom. The van der Waals surface area contributed by atoms with Crippen LogP contribution in [0.15, 0.2) is 27.7 Å². The minimum atomic E-state index is -0.561. The maximum absolute atomic E-state index is 12.4. The Morgan fingerprint density at radius 3 is 2.67 bits per heavy atom. The fourth-order valence-corrected chi connectivity index (χ4v) is 3.69. The van der Waals surface area contributed by atoms with Crippen LogP contribution in [0.3, 0.4) is 0 Å². The van der Waals surface area contributed by atoms with Gasteiger partial charge in [0.1, 0.15) is 25.5 Å². The fraction of sp³-hybridized carbons (Fsp3) is 0.294. The van der Waals surface area contributed by atoms with E-state index in [0.29, 0.717) is 40.8 Å². The molecule has 0 fully saturated rings. The number of hydrogen-bond acceptors (Lipinski definition) is 8. The summed E-state index contributed by atoms with van der Waals surface area (Å²) in [6.07, 6.45) is 0. The van der Waals surface area contributed by atoms with Crippen LogP contribution in [0.5, 0.6) is 11.5 Å². The van der Waals surface area contributed by atoms with E-state index in [-0.39, 0.29) is 12.2 Å². The van der Waals surface area contributed by atoms with Gasteiger partial charge in [-0.25, -0.2) is 0 Å². The van der Waals surface area contributed by atoms with Crippen LogP contribution in [0.4, 0.5) is 0 Å². The first-order valence-electron chi connectivity index (χ1n) is 8.07. The summed E-state index contributed by atoms with van der Waals surface area (Å²) in [5, 5.41) is 3.68. The molecule has 140 valence electrons. The molecule has 1 aliphatic heterocycles. The van der Waals surface area contributed by atoms with Crippen molar-refractivity contribution in [2.75, 3.05) is 20.3 Å². The van der Waals surface area contributed by atoms with Crippen molar-refractivity contribution >= 4 is 33.4 Å². The summed E-state index contributed by atoms with van der Waals surface area (Å²) in [4.78, 5) is 28.7. The first-order valence-corrected chi connectivity index (χ1v) is 8.89. The van der Waals surface area contributed by atoms with Crippen LogP contribution in [-0.4, -0.2) is 41.9 Å². The van der Waals surface area contributed by atoms with Gasteiger partial charge in [0.05, 0.1) is 17.3 Å². The molecular formula is C17H15N3O6S. The Kier molecular flexibility index (Phi) is 4.40. The summed E-state index contributed by atoms with van der Waals surface area (Å²) in [5.41, 5.74) is 0.790. The number of thiazole rings is 1. The lowest BCUT2D eigenvalue weighted by Crippen LogP contribution is -2.22. The van der Waals surface area contributed by atoms with Crippen molar-refractivity contribution < 1.29 is 28.3 Å². The van der Waals surface area contributed by atoms with Crippen LogP contribution in [0.1, 0.15) is 16.2 Å². The zero-order valence-corrected chi connectivity index (χ0v) is 15.4. The number of carbonyl (C=O) groups is 2. The standard InChI is InChI=1S/C17H15N3O6S/c1-9-5-10(19-26-9)16(22)18-17-20(8-15(21)23-2)11-6-12-13(7-14(11)27-17)25-4-3-24-12/h5-7H,3-4,8H2,1-2H3. The molecule has 0 saturated carbocycles. The Hall–Kier alpha value is -3.14. The van der Waals surface area contributed by atoms with Crippen molar-refractivity contribution in [2.24, 2.45) is 4.99 Å². The van der Waals surface area contributed by atoms with Gasteiger partial charge in [0, 0.05) is 18.2 Å². The Labute approximate surface area is 156 Å². The SMILES string of the molecule is COC(=O)Cn1c(=NC(=O)c2cc(C)on2)sc2cc3c(cc21)OCCO3. The van der Waals surface area contributed by atoms with Gasteiger partial charge in [0.15, 0.2) is 22.0 Å². The maximum atomic E-state index is 12.4. The number of methoxy groups -OCH3 is 1. The zero-order chi connectivity index (χ0) is 19.0. The van der Waals surface area contributed by atoms with Crippen LogP contribution in [0.25, 0.3) is 10.2 Å². The average Bonchev–Trinajstić information content (AvgIpc) is 3.24. The van der Waals surface area contributed by atoms with Gasteiger partial charge in [-0.2, -0.15) is 4.99 Å². The van der Waals surface area contributed by atoms with Gasteiger partial charge < -0.3 is 23.3 Å². The van der Waals surface area contributed by atoms with Crippen molar-refractivity contribution in [3.63, 3.8) is 0 Å². The number of aryl methyl sites for hydroxylation is 1. The molecule has 0 aliphatic carbocycles. The molecule has 0 N–H and O–H groups in total. The van der Waals surface area contributed by atoms with E-state index in [4.69, 9.17) is 18.7 Å². The molecule has 3 heterocycles. The second-order valence-electron chi connectivity index (χ2n) is 5.75. The molecule has 4 rings (SSSR count). The summed E-state index contributed by atoms with van der Waals surface area (Å²) < 4.78 is 23.3. The normalized spacial score (nSPS) is 13.8. The molecule has 0 unspecified atom stereocenters. The molecule has 27 heavy (non-hydrogen) atoms. The van der Waals surface area contributed by atoms with Crippen molar-refractivity contribution in [3.05, 3.63) is 34.5 Å². The molecule has 0 spiro atoms. The highest BCUT2D eigenvalue weighted by atomic mass is 32.1. The molecule has 10 heteroatoms.